The number of H-pyrrole nitrogens is 1. The first-order valence-corrected chi connectivity index (χ1v) is 5.11. The fourth-order valence-corrected chi connectivity index (χ4v) is 1.83. The van der Waals surface area contributed by atoms with Crippen LogP contribution in [0.1, 0.15) is 11.1 Å². The SMILES string of the molecule is N#Cc1cccc2[nH]cc(C[C@@H](N)C(=O)O)c12. The predicted molar refractivity (Wildman–Crippen MR) is 62.3 cm³/mol. The molecule has 0 bridgehead atoms. The van der Waals surface area contributed by atoms with Gasteiger partial charge in [-0.3, -0.25) is 4.79 Å². The van der Waals surface area contributed by atoms with Crippen molar-refractivity contribution in [1.82, 2.24) is 4.98 Å². The molecule has 17 heavy (non-hydrogen) atoms. The second-order valence-corrected chi connectivity index (χ2v) is 3.80. The number of hydrogen-bond donors (Lipinski definition) is 3. The number of nitrogens with zero attached hydrogens (tertiary/aromatic N) is 1. The highest BCUT2D eigenvalue weighted by atomic mass is 16.4. The zero-order valence-electron chi connectivity index (χ0n) is 8.97. The van der Waals surface area contributed by atoms with E-state index >= 15 is 0 Å². The van der Waals surface area contributed by atoms with Crippen LogP contribution in [0.5, 0.6) is 0 Å². The number of fused-ring (bicyclic) bond motifs is 1. The Morgan fingerprint density at radius 1 is 1.59 bits per heavy atom. The fourth-order valence-electron chi connectivity index (χ4n) is 1.83. The second-order valence-electron chi connectivity index (χ2n) is 3.80. The molecule has 2 aromatic rings. The van der Waals surface area contributed by atoms with Crippen LogP contribution < -0.4 is 5.73 Å². The summed E-state index contributed by atoms with van der Waals surface area (Å²) < 4.78 is 0. The predicted octanol–water partition coefficient (Wildman–Crippen LogP) is 0.994. The van der Waals surface area contributed by atoms with Crippen LogP contribution in [0.3, 0.4) is 0 Å². The molecule has 5 heteroatoms. The number of carboxylic acid groups (broad SMARTS) is 1. The Kier molecular flexibility index (Phi) is 2.81. The van der Waals surface area contributed by atoms with Gasteiger partial charge in [-0.1, -0.05) is 6.07 Å². The molecule has 0 fully saturated rings. The number of rotatable bonds is 3. The molecule has 86 valence electrons. The minimum atomic E-state index is -1.05. The number of carboxylic acids is 1. The van der Waals surface area contributed by atoms with E-state index in [2.05, 4.69) is 11.1 Å². The van der Waals surface area contributed by atoms with E-state index in [1.807, 2.05) is 6.07 Å². The van der Waals surface area contributed by atoms with Gasteiger partial charge < -0.3 is 15.8 Å². The number of nitrogens with one attached hydrogen (secondary N) is 1. The van der Waals surface area contributed by atoms with Crippen LogP contribution in [0, 0.1) is 11.3 Å². The van der Waals surface area contributed by atoms with E-state index in [0.29, 0.717) is 5.56 Å². The molecule has 1 heterocycles. The van der Waals surface area contributed by atoms with E-state index in [1.54, 1.807) is 18.3 Å². The standard InChI is InChI=1S/C12H11N3O2/c13-5-7-2-1-3-10-11(7)8(6-15-10)4-9(14)12(16)17/h1-3,6,9,15H,4,14H2,(H,16,17)/t9-/m1/s1. The van der Waals surface area contributed by atoms with Gasteiger partial charge in [-0.2, -0.15) is 5.26 Å². The average molecular weight is 229 g/mol. The first-order valence-electron chi connectivity index (χ1n) is 5.11. The molecule has 0 radical (unpaired) electrons. The fraction of sp³-hybridized carbons (Fsp3) is 0.167. The van der Waals surface area contributed by atoms with Crippen molar-refractivity contribution in [1.29, 1.82) is 5.26 Å². The molecule has 4 N–H and O–H groups in total. The third kappa shape index (κ3) is 1.98. The number of nitriles is 1. The lowest BCUT2D eigenvalue weighted by molar-refractivity contribution is -0.138. The number of nitrogens with two attached hydrogens (primary N) is 1. The third-order valence-electron chi connectivity index (χ3n) is 2.66. The summed E-state index contributed by atoms with van der Waals surface area (Å²) in [4.78, 5) is 13.7. The van der Waals surface area contributed by atoms with Crippen LogP contribution in [0.25, 0.3) is 10.9 Å². The summed E-state index contributed by atoms with van der Waals surface area (Å²) in [5.74, 6) is -1.05. The minimum Gasteiger partial charge on any atom is -0.480 e. The van der Waals surface area contributed by atoms with Crippen molar-refractivity contribution in [2.45, 2.75) is 12.5 Å². The Balaban J connectivity index is 2.49. The highest BCUT2D eigenvalue weighted by Gasteiger charge is 2.16. The molecule has 1 aromatic heterocycles. The highest BCUT2D eigenvalue weighted by Crippen LogP contribution is 2.23. The molecule has 5 nitrogen and oxygen atoms in total. The average Bonchev–Trinajstić information content (AvgIpc) is 2.72. The maximum Gasteiger partial charge on any atom is 0.320 e. The topological polar surface area (TPSA) is 103 Å². The van der Waals surface area contributed by atoms with Crippen LogP contribution in [0.2, 0.25) is 0 Å². The molecule has 0 amide bonds. The lowest BCUT2D eigenvalue weighted by Crippen LogP contribution is -2.32. The number of benzene rings is 1. The molecule has 1 atom stereocenters. The first-order chi connectivity index (χ1) is 8.13. The Morgan fingerprint density at radius 2 is 2.35 bits per heavy atom. The van der Waals surface area contributed by atoms with Crippen LogP contribution in [0.4, 0.5) is 0 Å². The van der Waals surface area contributed by atoms with Gasteiger partial charge in [-0.15, -0.1) is 0 Å². The van der Waals surface area contributed by atoms with Crippen LogP contribution >= 0.6 is 0 Å². The number of aromatic nitrogens is 1. The molecule has 0 spiro atoms. The number of aromatic amines is 1. The van der Waals surface area contributed by atoms with Crippen LogP contribution in [0.15, 0.2) is 24.4 Å². The van der Waals surface area contributed by atoms with Crippen molar-refractivity contribution in [2.75, 3.05) is 0 Å². The van der Waals surface area contributed by atoms with Gasteiger partial charge in [0.15, 0.2) is 0 Å². The van der Waals surface area contributed by atoms with Crippen molar-refractivity contribution in [3.8, 4) is 6.07 Å². The van der Waals surface area contributed by atoms with E-state index in [9.17, 15) is 4.79 Å². The Bertz CT molecular complexity index is 610. The molecule has 1 aromatic carbocycles. The molecular weight excluding hydrogens is 218 g/mol. The summed E-state index contributed by atoms with van der Waals surface area (Å²) in [5, 5.41) is 18.5. The number of aliphatic carboxylic acids is 1. The minimum absolute atomic E-state index is 0.202. The number of hydrogen-bond acceptors (Lipinski definition) is 3. The van der Waals surface area contributed by atoms with Gasteiger partial charge in [0.2, 0.25) is 0 Å². The van der Waals surface area contributed by atoms with Crippen molar-refractivity contribution >= 4 is 16.9 Å². The van der Waals surface area contributed by atoms with E-state index in [4.69, 9.17) is 16.1 Å². The summed E-state index contributed by atoms with van der Waals surface area (Å²) >= 11 is 0. The molecule has 0 aliphatic heterocycles. The maximum atomic E-state index is 10.7. The van der Waals surface area contributed by atoms with Crippen LogP contribution in [-0.2, 0) is 11.2 Å². The Labute approximate surface area is 97.5 Å². The normalized spacial score (nSPS) is 12.2. The molecule has 0 aliphatic carbocycles. The van der Waals surface area contributed by atoms with Crippen LogP contribution in [-0.4, -0.2) is 22.1 Å². The summed E-state index contributed by atoms with van der Waals surface area (Å²) in [6, 6.07) is 6.45. The molecule has 0 aliphatic rings. The maximum absolute atomic E-state index is 10.7. The monoisotopic (exact) mass is 229 g/mol. The summed E-state index contributed by atoms with van der Waals surface area (Å²) in [6.07, 6.45) is 1.91. The third-order valence-corrected chi connectivity index (χ3v) is 2.66. The molecule has 0 saturated carbocycles. The van der Waals surface area contributed by atoms with Crippen molar-refractivity contribution in [3.05, 3.63) is 35.5 Å². The largest absolute Gasteiger partial charge is 0.480 e. The first kappa shape index (κ1) is 11.2. The molecule has 2 rings (SSSR count). The molecular formula is C12H11N3O2. The van der Waals surface area contributed by atoms with Crippen molar-refractivity contribution in [3.63, 3.8) is 0 Å². The Morgan fingerprint density at radius 3 is 3.00 bits per heavy atom. The van der Waals surface area contributed by atoms with Gasteiger partial charge in [-0.05, 0) is 17.7 Å². The van der Waals surface area contributed by atoms with E-state index in [1.165, 1.54) is 0 Å². The van der Waals surface area contributed by atoms with Gasteiger partial charge in [0.1, 0.15) is 6.04 Å². The van der Waals surface area contributed by atoms with Gasteiger partial charge in [0, 0.05) is 23.5 Å². The van der Waals surface area contributed by atoms with E-state index < -0.39 is 12.0 Å². The van der Waals surface area contributed by atoms with Crippen molar-refractivity contribution in [2.24, 2.45) is 5.73 Å². The van der Waals surface area contributed by atoms with Gasteiger partial charge >= 0.3 is 5.97 Å². The Hall–Kier alpha value is -2.32. The zero-order valence-corrected chi connectivity index (χ0v) is 8.97. The summed E-state index contributed by atoms with van der Waals surface area (Å²) in [5.41, 5.74) is 7.59. The zero-order chi connectivity index (χ0) is 12.4. The summed E-state index contributed by atoms with van der Waals surface area (Å²) in [7, 11) is 0. The smallest absolute Gasteiger partial charge is 0.320 e. The highest BCUT2D eigenvalue weighted by molar-refractivity contribution is 5.89. The second kappa shape index (κ2) is 4.28. The quantitative estimate of drug-likeness (QED) is 0.730. The lowest BCUT2D eigenvalue weighted by atomic mass is 10.0. The van der Waals surface area contributed by atoms with Gasteiger partial charge in [0.25, 0.3) is 0 Å². The number of carbonyl (C=O) groups is 1. The molecule has 0 saturated heterocycles. The van der Waals surface area contributed by atoms with Crippen molar-refractivity contribution < 1.29 is 9.90 Å². The molecule has 0 unspecified atom stereocenters. The van der Waals surface area contributed by atoms with E-state index in [-0.39, 0.29) is 6.42 Å². The lowest BCUT2D eigenvalue weighted by Gasteiger charge is -2.05. The van der Waals surface area contributed by atoms with E-state index in [0.717, 1.165) is 16.5 Å². The van der Waals surface area contributed by atoms with Gasteiger partial charge in [0.05, 0.1) is 11.6 Å². The van der Waals surface area contributed by atoms with Gasteiger partial charge in [-0.25, -0.2) is 0 Å². The summed E-state index contributed by atoms with van der Waals surface area (Å²) in [6.45, 7) is 0.